The fourth-order valence-electron chi connectivity index (χ4n) is 2.01. The average Bonchev–Trinajstić information content (AvgIpc) is 2.70. The number of hydrogen-bond donors (Lipinski definition) is 1. The maximum absolute atomic E-state index is 11.7. The van der Waals surface area contributed by atoms with Gasteiger partial charge in [-0.3, -0.25) is 10.1 Å². The first-order chi connectivity index (χ1) is 8.00. The van der Waals surface area contributed by atoms with Crippen molar-refractivity contribution in [1.82, 2.24) is 10.2 Å². The molecule has 94 valence electrons. The van der Waals surface area contributed by atoms with Crippen molar-refractivity contribution in [1.29, 1.82) is 0 Å². The Hall–Kier alpha value is -1.34. The Labute approximate surface area is 103 Å². The molecule has 17 heavy (non-hydrogen) atoms. The largest absolute Gasteiger partial charge is 0.327 e. The van der Waals surface area contributed by atoms with Crippen LogP contribution in [0.3, 0.4) is 0 Å². The van der Waals surface area contributed by atoms with Gasteiger partial charge in [0.1, 0.15) is 6.29 Å². The summed E-state index contributed by atoms with van der Waals surface area (Å²) in [5.41, 5.74) is -0.449. The predicted molar refractivity (Wildman–Crippen MR) is 66.0 cm³/mol. The van der Waals surface area contributed by atoms with Gasteiger partial charge in [0, 0.05) is 18.4 Å². The van der Waals surface area contributed by atoms with Crippen LogP contribution in [0.5, 0.6) is 0 Å². The van der Waals surface area contributed by atoms with Crippen LogP contribution in [0.4, 0.5) is 0 Å². The molecular weight excluding hydrogens is 216 g/mol. The average molecular weight is 236 g/mol. The summed E-state index contributed by atoms with van der Waals surface area (Å²) in [7, 11) is 0. The van der Waals surface area contributed by atoms with E-state index in [-0.39, 0.29) is 12.1 Å². The lowest BCUT2D eigenvalue weighted by Crippen LogP contribution is -2.48. The van der Waals surface area contributed by atoms with Crippen molar-refractivity contribution < 1.29 is 9.59 Å². The highest BCUT2D eigenvalue weighted by atomic mass is 16.2. The highest BCUT2D eigenvalue weighted by Gasteiger charge is 2.31. The lowest BCUT2D eigenvalue weighted by atomic mass is 9.89. The molecule has 4 nitrogen and oxygen atoms in total. The molecule has 1 atom stereocenters. The summed E-state index contributed by atoms with van der Waals surface area (Å²) in [6.07, 6.45) is 8.08. The van der Waals surface area contributed by atoms with E-state index in [1.807, 2.05) is 13.8 Å². The number of amides is 1. The molecule has 0 aliphatic carbocycles. The molecule has 1 amide bonds. The zero-order valence-electron chi connectivity index (χ0n) is 10.5. The number of aldehydes is 1. The van der Waals surface area contributed by atoms with Crippen molar-refractivity contribution in [3.63, 3.8) is 0 Å². The Morgan fingerprint density at radius 3 is 2.82 bits per heavy atom. The van der Waals surface area contributed by atoms with Crippen molar-refractivity contribution in [2.45, 2.75) is 39.3 Å². The van der Waals surface area contributed by atoms with Gasteiger partial charge in [-0.15, -0.1) is 6.42 Å². The molecule has 1 saturated heterocycles. The Bertz CT molecular complexity index is 331. The highest BCUT2D eigenvalue weighted by Crippen LogP contribution is 2.23. The molecule has 4 heteroatoms. The fraction of sp³-hybridized carbons (Fsp3) is 0.692. The van der Waals surface area contributed by atoms with Crippen LogP contribution in [0.15, 0.2) is 0 Å². The van der Waals surface area contributed by atoms with E-state index >= 15 is 0 Å². The molecule has 0 saturated carbocycles. The number of terminal acetylenes is 1. The Balaban J connectivity index is 2.69. The molecule has 1 heterocycles. The smallest absolute Gasteiger partial charge is 0.223 e. The zero-order chi connectivity index (χ0) is 12.9. The van der Waals surface area contributed by atoms with Crippen molar-refractivity contribution in [3.8, 4) is 12.3 Å². The van der Waals surface area contributed by atoms with Gasteiger partial charge < -0.3 is 9.69 Å². The lowest BCUT2D eigenvalue weighted by molar-refractivity contribution is -0.131. The van der Waals surface area contributed by atoms with Gasteiger partial charge in [0.25, 0.3) is 0 Å². The van der Waals surface area contributed by atoms with Crippen molar-refractivity contribution >= 4 is 12.2 Å². The lowest BCUT2D eigenvalue weighted by Gasteiger charge is -2.32. The molecule has 1 unspecified atom stereocenters. The first kappa shape index (κ1) is 13.7. The van der Waals surface area contributed by atoms with E-state index in [9.17, 15) is 9.59 Å². The second-order valence-electron chi connectivity index (χ2n) is 5.10. The van der Waals surface area contributed by atoms with Crippen LogP contribution in [-0.4, -0.2) is 36.3 Å². The van der Waals surface area contributed by atoms with E-state index in [0.717, 1.165) is 19.3 Å². The first-order valence-corrected chi connectivity index (χ1v) is 5.93. The molecule has 1 aliphatic rings. The minimum atomic E-state index is -0.449. The normalized spacial score (nSPS) is 17.9. The van der Waals surface area contributed by atoms with E-state index in [4.69, 9.17) is 6.42 Å². The van der Waals surface area contributed by atoms with E-state index < -0.39 is 5.41 Å². The minimum Gasteiger partial charge on any atom is -0.327 e. The van der Waals surface area contributed by atoms with Gasteiger partial charge in [-0.05, 0) is 12.8 Å². The van der Waals surface area contributed by atoms with Crippen molar-refractivity contribution in [2.24, 2.45) is 5.41 Å². The molecule has 1 N–H and O–H groups in total. The molecule has 0 radical (unpaired) electrons. The number of nitrogens with one attached hydrogen (secondary N) is 1. The van der Waals surface area contributed by atoms with Gasteiger partial charge in [-0.1, -0.05) is 19.8 Å². The summed E-state index contributed by atoms with van der Waals surface area (Å²) >= 11 is 0. The van der Waals surface area contributed by atoms with Gasteiger partial charge in [-0.2, -0.15) is 0 Å². The van der Waals surface area contributed by atoms with Crippen LogP contribution >= 0.6 is 0 Å². The summed E-state index contributed by atoms with van der Waals surface area (Å²) in [6.45, 7) is 4.88. The third-order valence-electron chi connectivity index (χ3n) is 2.96. The number of hydrogen-bond acceptors (Lipinski definition) is 3. The fourth-order valence-corrected chi connectivity index (χ4v) is 2.01. The van der Waals surface area contributed by atoms with Crippen molar-refractivity contribution in [2.75, 3.05) is 13.1 Å². The molecule has 0 bridgehead atoms. The number of carbonyl (C=O) groups excluding carboxylic acids is 2. The summed E-state index contributed by atoms with van der Waals surface area (Å²) in [5, 5.41) is 3.14. The molecule has 1 rings (SSSR count). The Morgan fingerprint density at radius 2 is 2.35 bits per heavy atom. The SMILES string of the molecule is C#CCNC(CC(C)(C)C=O)N1CCCC1=O. The number of likely N-dealkylation sites (tertiary alicyclic amines) is 1. The van der Waals surface area contributed by atoms with E-state index in [1.54, 1.807) is 4.90 Å². The topological polar surface area (TPSA) is 49.4 Å². The summed E-state index contributed by atoms with van der Waals surface area (Å²) in [4.78, 5) is 24.5. The summed E-state index contributed by atoms with van der Waals surface area (Å²) in [6, 6.07) is 0. The second kappa shape index (κ2) is 5.83. The van der Waals surface area contributed by atoms with E-state index in [2.05, 4.69) is 11.2 Å². The quantitative estimate of drug-likeness (QED) is 0.547. The van der Waals surface area contributed by atoms with Gasteiger partial charge in [0.15, 0.2) is 0 Å². The monoisotopic (exact) mass is 236 g/mol. The second-order valence-corrected chi connectivity index (χ2v) is 5.10. The van der Waals surface area contributed by atoms with Crippen LogP contribution < -0.4 is 5.32 Å². The molecule has 1 aliphatic heterocycles. The summed E-state index contributed by atoms with van der Waals surface area (Å²) in [5.74, 6) is 2.64. The zero-order valence-corrected chi connectivity index (χ0v) is 10.5. The molecule has 0 aromatic rings. The van der Waals surface area contributed by atoms with Gasteiger partial charge in [0.2, 0.25) is 5.91 Å². The third-order valence-corrected chi connectivity index (χ3v) is 2.96. The molecule has 0 aromatic heterocycles. The van der Waals surface area contributed by atoms with E-state index in [1.165, 1.54) is 0 Å². The van der Waals surface area contributed by atoms with Crippen LogP contribution in [0.1, 0.15) is 33.1 Å². The molecule has 1 fully saturated rings. The highest BCUT2D eigenvalue weighted by molar-refractivity contribution is 5.78. The van der Waals surface area contributed by atoms with Gasteiger partial charge in [-0.25, -0.2) is 0 Å². The Morgan fingerprint density at radius 1 is 1.65 bits per heavy atom. The minimum absolute atomic E-state index is 0.138. The van der Waals surface area contributed by atoms with Gasteiger partial charge in [0.05, 0.1) is 12.7 Å². The molecule has 0 aromatic carbocycles. The molecular formula is C13H20N2O2. The van der Waals surface area contributed by atoms with Crippen LogP contribution in [-0.2, 0) is 9.59 Å². The van der Waals surface area contributed by atoms with Crippen LogP contribution in [0.25, 0.3) is 0 Å². The van der Waals surface area contributed by atoms with Crippen molar-refractivity contribution in [3.05, 3.63) is 0 Å². The predicted octanol–water partition coefficient (Wildman–Crippen LogP) is 0.773. The Kier molecular flexibility index (Phi) is 4.71. The van der Waals surface area contributed by atoms with Gasteiger partial charge >= 0.3 is 0 Å². The van der Waals surface area contributed by atoms with Crippen LogP contribution in [0, 0.1) is 17.8 Å². The number of nitrogens with zero attached hydrogens (tertiary/aromatic N) is 1. The standard InChI is InChI=1S/C13H20N2O2/c1-4-7-14-11(9-13(2,3)10-16)15-8-5-6-12(15)17/h1,10-11,14H,5-9H2,2-3H3. The van der Waals surface area contributed by atoms with Crippen LogP contribution in [0.2, 0.25) is 0 Å². The maximum atomic E-state index is 11.7. The number of carbonyl (C=O) groups is 2. The first-order valence-electron chi connectivity index (χ1n) is 5.93. The maximum Gasteiger partial charge on any atom is 0.223 e. The van der Waals surface area contributed by atoms with E-state index in [0.29, 0.717) is 19.4 Å². The molecule has 0 spiro atoms. The summed E-state index contributed by atoms with van der Waals surface area (Å²) < 4.78 is 0. The number of rotatable bonds is 6. The third kappa shape index (κ3) is 3.86.